The van der Waals surface area contributed by atoms with Gasteiger partial charge in [-0.15, -0.1) is 5.10 Å². The van der Waals surface area contributed by atoms with Gasteiger partial charge in [-0.1, -0.05) is 73.2 Å². The molecule has 33 heavy (non-hydrogen) atoms. The number of aryl methyl sites for hydroxylation is 1. The summed E-state index contributed by atoms with van der Waals surface area (Å²) >= 11 is 6.62. The van der Waals surface area contributed by atoms with Crippen molar-refractivity contribution in [1.82, 2.24) is 25.5 Å². The molecule has 0 aliphatic heterocycles. The Balaban J connectivity index is 1.73. The third-order valence-electron chi connectivity index (χ3n) is 6.19. The largest absolute Gasteiger partial charge is 0.299 e. The maximum absolute atomic E-state index is 12.1. The van der Waals surface area contributed by atoms with Gasteiger partial charge in [0, 0.05) is 11.6 Å². The molecule has 2 aromatic carbocycles. The molecule has 4 rings (SSSR count). The van der Waals surface area contributed by atoms with Crippen LogP contribution in [0.15, 0.2) is 47.4 Å². The van der Waals surface area contributed by atoms with E-state index in [0.29, 0.717) is 16.4 Å². The SMILES string of the molecule is Cc1ccc(Cl)c(C(NCc2ccccc2S(N)(=O)=O)c2nnnn2C2CCCCCC2)c1. The van der Waals surface area contributed by atoms with Crippen LogP contribution < -0.4 is 10.5 Å². The fourth-order valence-corrected chi connectivity index (χ4v) is 5.52. The van der Waals surface area contributed by atoms with Gasteiger partial charge in [-0.2, -0.15) is 0 Å². The van der Waals surface area contributed by atoms with Crippen molar-refractivity contribution >= 4 is 21.6 Å². The molecule has 1 atom stereocenters. The Bertz CT molecular complexity index is 1210. The Morgan fingerprint density at radius 3 is 2.61 bits per heavy atom. The average Bonchev–Trinajstić information content (AvgIpc) is 3.10. The third-order valence-corrected chi connectivity index (χ3v) is 7.54. The molecule has 176 valence electrons. The van der Waals surface area contributed by atoms with Crippen LogP contribution in [0.5, 0.6) is 0 Å². The van der Waals surface area contributed by atoms with Crippen LogP contribution in [-0.4, -0.2) is 28.6 Å². The van der Waals surface area contributed by atoms with Gasteiger partial charge in [-0.3, -0.25) is 5.32 Å². The van der Waals surface area contributed by atoms with Crippen LogP contribution in [0.25, 0.3) is 0 Å². The zero-order chi connectivity index (χ0) is 23.4. The van der Waals surface area contributed by atoms with E-state index in [4.69, 9.17) is 16.7 Å². The number of sulfonamides is 1. The van der Waals surface area contributed by atoms with Gasteiger partial charge in [0.05, 0.1) is 17.0 Å². The fourth-order valence-electron chi connectivity index (χ4n) is 4.52. The van der Waals surface area contributed by atoms with Crippen molar-refractivity contribution in [3.05, 3.63) is 70.0 Å². The average molecular weight is 489 g/mol. The monoisotopic (exact) mass is 488 g/mol. The highest BCUT2D eigenvalue weighted by molar-refractivity contribution is 7.89. The van der Waals surface area contributed by atoms with Gasteiger partial charge in [0.2, 0.25) is 10.0 Å². The molecule has 1 unspecified atom stereocenters. The van der Waals surface area contributed by atoms with Crippen molar-refractivity contribution in [2.75, 3.05) is 0 Å². The molecule has 1 heterocycles. The number of hydrogen-bond acceptors (Lipinski definition) is 6. The van der Waals surface area contributed by atoms with E-state index in [1.54, 1.807) is 18.2 Å². The highest BCUT2D eigenvalue weighted by Crippen LogP contribution is 2.33. The topological polar surface area (TPSA) is 116 Å². The molecule has 1 aromatic heterocycles. The number of aromatic nitrogens is 4. The number of primary sulfonamides is 1. The Kier molecular flexibility index (Phi) is 7.43. The summed E-state index contributed by atoms with van der Waals surface area (Å²) in [7, 11) is -3.86. The molecule has 1 aliphatic carbocycles. The van der Waals surface area contributed by atoms with Crippen LogP contribution in [0.3, 0.4) is 0 Å². The minimum atomic E-state index is -3.86. The second-order valence-electron chi connectivity index (χ2n) is 8.62. The molecule has 3 aromatic rings. The number of nitrogens with one attached hydrogen (secondary N) is 1. The van der Waals surface area contributed by atoms with Gasteiger partial charge in [-0.25, -0.2) is 18.2 Å². The van der Waals surface area contributed by atoms with Crippen LogP contribution in [0.1, 0.15) is 73.1 Å². The first kappa shape index (κ1) is 23.8. The first-order valence-electron chi connectivity index (χ1n) is 11.2. The maximum atomic E-state index is 12.1. The van der Waals surface area contributed by atoms with Crippen LogP contribution in [0.2, 0.25) is 5.02 Å². The zero-order valence-corrected chi connectivity index (χ0v) is 20.2. The lowest BCUT2D eigenvalue weighted by Crippen LogP contribution is -2.28. The van der Waals surface area contributed by atoms with E-state index in [-0.39, 0.29) is 17.5 Å². The Hall–Kier alpha value is -2.33. The van der Waals surface area contributed by atoms with Gasteiger partial charge in [0.25, 0.3) is 0 Å². The first-order valence-corrected chi connectivity index (χ1v) is 13.1. The minimum absolute atomic E-state index is 0.0925. The standard InChI is InChI=1S/C23H29ClN6O2S/c1-16-12-13-20(24)19(14-16)22(26-15-17-8-6-7-11-21(17)33(25,31)32)23-27-28-29-30(23)18-9-4-2-3-5-10-18/h6-8,11-14,18,22,26H,2-5,9-10,15H2,1H3,(H2,25,31,32). The van der Waals surface area contributed by atoms with Crippen molar-refractivity contribution in [2.24, 2.45) is 5.14 Å². The summed E-state index contributed by atoms with van der Waals surface area (Å²) in [5.41, 5.74) is 2.47. The van der Waals surface area contributed by atoms with Crippen LogP contribution in [0, 0.1) is 6.92 Å². The van der Waals surface area contributed by atoms with E-state index in [9.17, 15) is 8.42 Å². The summed E-state index contributed by atoms with van der Waals surface area (Å²) in [6, 6.07) is 12.3. The molecule has 8 nitrogen and oxygen atoms in total. The number of benzene rings is 2. The number of hydrogen-bond donors (Lipinski definition) is 2. The normalized spacial score (nSPS) is 16.5. The molecule has 0 saturated heterocycles. The molecule has 0 bridgehead atoms. The molecule has 0 amide bonds. The lowest BCUT2D eigenvalue weighted by molar-refractivity contribution is 0.372. The maximum Gasteiger partial charge on any atom is 0.238 e. The van der Waals surface area contributed by atoms with Crippen LogP contribution >= 0.6 is 11.6 Å². The predicted molar refractivity (Wildman–Crippen MR) is 127 cm³/mol. The van der Waals surface area contributed by atoms with Crippen molar-refractivity contribution in [2.45, 2.75) is 69.0 Å². The predicted octanol–water partition coefficient (Wildman–Crippen LogP) is 4.06. The Morgan fingerprint density at radius 1 is 1.15 bits per heavy atom. The van der Waals surface area contributed by atoms with E-state index in [2.05, 4.69) is 20.8 Å². The summed E-state index contributed by atoms with van der Waals surface area (Å²) in [5, 5.41) is 22.2. The van der Waals surface area contributed by atoms with Gasteiger partial charge >= 0.3 is 0 Å². The highest BCUT2D eigenvalue weighted by Gasteiger charge is 2.28. The molecule has 10 heteroatoms. The Labute approximate surface area is 199 Å². The summed E-state index contributed by atoms with van der Waals surface area (Å²) in [6.07, 6.45) is 6.80. The van der Waals surface area contributed by atoms with Crippen LogP contribution in [-0.2, 0) is 16.6 Å². The van der Waals surface area contributed by atoms with Gasteiger partial charge in [-0.05, 0) is 53.5 Å². The van der Waals surface area contributed by atoms with E-state index in [1.807, 2.05) is 29.8 Å². The van der Waals surface area contributed by atoms with Gasteiger partial charge in [0.15, 0.2) is 5.82 Å². The number of rotatable bonds is 7. The summed E-state index contributed by atoms with van der Waals surface area (Å²) < 4.78 is 26.1. The summed E-state index contributed by atoms with van der Waals surface area (Å²) in [4.78, 5) is 0.0925. The second-order valence-corrected chi connectivity index (χ2v) is 10.6. The van der Waals surface area contributed by atoms with Gasteiger partial charge in [0.1, 0.15) is 0 Å². The van der Waals surface area contributed by atoms with Gasteiger partial charge < -0.3 is 0 Å². The van der Waals surface area contributed by atoms with Crippen molar-refractivity contribution < 1.29 is 8.42 Å². The molecular formula is C23H29ClN6O2S. The fraction of sp³-hybridized carbons (Fsp3) is 0.435. The molecule has 1 saturated carbocycles. The molecule has 0 spiro atoms. The van der Waals surface area contributed by atoms with Crippen molar-refractivity contribution in [1.29, 1.82) is 0 Å². The van der Waals surface area contributed by atoms with Crippen molar-refractivity contribution in [3.8, 4) is 0 Å². The van der Waals surface area contributed by atoms with E-state index in [0.717, 1.165) is 36.8 Å². The quantitative estimate of drug-likeness (QED) is 0.484. The first-order chi connectivity index (χ1) is 15.8. The lowest BCUT2D eigenvalue weighted by atomic mass is 10.0. The molecule has 1 fully saturated rings. The molecular weight excluding hydrogens is 460 g/mol. The number of nitrogens with two attached hydrogens (primary N) is 1. The molecule has 1 aliphatic rings. The Morgan fingerprint density at radius 2 is 1.88 bits per heavy atom. The number of nitrogens with zero attached hydrogens (tertiary/aromatic N) is 4. The van der Waals surface area contributed by atoms with E-state index in [1.165, 1.54) is 18.9 Å². The second kappa shape index (κ2) is 10.3. The lowest BCUT2D eigenvalue weighted by Gasteiger charge is -2.24. The van der Waals surface area contributed by atoms with Crippen molar-refractivity contribution in [3.63, 3.8) is 0 Å². The summed E-state index contributed by atoms with van der Waals surface area (Å²) in [5.74, 6) is 0.669. The molecule has 3 N–H and O–H groups in total. The minimum Gasteiger partial charge on any atom is -0.299 e. The number of tetrazole rings is 1. The summed E-state index contributed by atoms with van der Waals surface area (Å²) in [6.45, 7) is 2.25. The number of halogens is 1. The van der Waals surface area contributed by atoms with E-state index < -0.39 is 16.1 Å². The smallest absolute Gasteiger partial charge is 0.238 e. The highest BCUT2D eigenvalue weighted by atomic mass is 35.5. The zero-order valence-electron chi connectivity index (χ0n) is 18.6. The third kappa shape index (κ3) is 5.60. The van der Waals surface area contributed by atoms with E-state index >= 15 is 0 Å². The van der Waals surface area contributed by atoms with Crippen LogP contribution in [0.4, 0.5) is 0 Å². The molecule has 0 radical (unpaired) electrons.